The number of amides is 1. The molecule has 0 unspecified atom stereocenters. The molecule has 0 radical (unpaired) electrons. The number of benzene rings is 2. The van der Waals surface area contributed by atoms with Crippen LogP contribution in [0.2, 0.25) is 0 Å². The highest BCUT2D eigenvalue weighted by Crippen LogP contribution is 2.18. The Bertz CT molecular complexity index is 729. The molecule has 1 saturated heterocycles. The van der Waals surface area contributed by atoms with Gasteiger partial charge in [0.05, 0.1) is 13.1 Å². The van der Waals surface area contributed by atoms with Gasteiger partial charge < -0.3 is 10.2 Å². The maximum atomic E-state index is 12.9. The van der Waals surface area contributed by atoms with Crippen molar-refractivity contribution in [2.24, 2.45) is 0 Å². The normalized spacial score (nSPS) is 14.9. The molecule has 1 amide bonds. The third-order valence-corrected chi connectivity index (χ3v) is 6.02. The molecule has 0 atom stereocenters. The molecule has 3 nitrogen and oxygen atoms in total. The molecule has 0 saturated carbocycles. The second-order valence-corrected chi connectivity index (χ2v) is 8.25. The number of piperidine rings is 1. The van der Waals surface area contributed by atoms with Gasteiger partial charge in [0.15, 0.2) is 0 Å². The van der Waals surface area contributed by atoms with E-state index in [1.54, 1.807) is 28.8 Å². The Morgan fingerprint density at radius 2 is 1.70 bits per heavy atom. The van der Waals surface area contributed by atoms with Crippen LogP contribution in [0.15, 0.2) is 53.4 Å². The third-order valence-electron chi connectivity index (χ3n) is 5.01. The van der Waals surface area contributed by atoms with Gasteiger partial charge in [0.25, 0.3) is 0 Å². The third kappa shape index (κ3) is 6.67. The standard InChI is InChI=1S/C22H27FN2OS/c23-20-8-10-21(11-9-20)27-15-12-22(26)24-16-18-6-2-3-7-19(18)17-25-13-4-1-5-14-25/h2-3,6-11H,1,4-5,12-17H2,(H,24,26)/p+1. The molecule has 2 aromatic carbocycles. The van der Waals surface area contributed by atoms with E-state index in [9.17, 15) is 9.18 Å². The van der Waals surface area contributed by atoms with Crippen LogP contribution in [-0.4, -0.2) is 24.7 Å². The number of rotatable bonds is 8. The lowest BCUT2D eigenvalue weighted by atomic mass is 10.0. The molecule has 0 spiro atoms. The number of nitrogens with one attached hydrogen (secondary N) is 2. The molecule has 1 aliphatic rings. The van der Waals surface area contributed by atoms with Gasteiger partial charge in [-0.25, -0.2) is 4.39 Å². The summed E-state index contributed by atoms with van der Waals surface area (Å²) in [5, 5.41) is 3.05. The average Bonchev–Trinajstić information content (AvgIpc) is 2.70. The summed E-state index contributed by atoms with van der Waals surface area (Å²) in [5.41, 5.74) is 2.56. The molecule has 0 aliphatic carbocycles. The SMILES string of the molecule is O=C(CCSc1ccc(F)cc1)NCc1ccccc1C[NH+]1CCCCC1. The molecule has 5 heteroatoms. The van der Waals surface area contributed by atoms with Gasteiger partial charge in [-0.1, -0.05) is 24.3 Å². The minimum Gasteiger partial charge on any atom is -0.352 e. The average molecular weight is 388 g/mol. The Labute approximate surface area is 165 Å². The first-order valence-electron chi connectivity index (χ1n) is 9.76. The van der Waals surface area contributed by atoms with Crippen LogP contribution in [0, 0.1) is 5.82 Å². The molecule has 0 bridgehead atoms. The monoisotopic (exact) mass is 387 g/mol. The van der Waals surface area contributed by atoms with E-state index >= 15 is 0 Å². The van der Waals surface area contributed by atoms with E-state index in [0.717, 1.165) is 11.4 Å². The minimum absolute atomic E-state index is 0.0599. The minimum atomic E-state index is -0.234. The van der Waals surface area contributed by atoms with Crippen LogP contribution in [-0.2, 0) is 17.9 Å². The van der Waals surface area contributed by atoms with Gasteiger partial charge in [-0.15, -0.1) is 11.8 Å². The summed E-state index contributed by atoms with van der Waals surface area (Å²) in [6.45, 7) is 4.14. The molecule has 1 fully saturated rings. The van der Waals surface area contributed by atoms with Crippen molar-refractivity contribution in [2.75, 3.05) is 18.8 Å². The highest BCUT2D eigenvalue weighted by molar-refractivity contribution is 7.99. The Kier molecular flexibility index (Phi) is 7.72. The first-order chi connectivity index (χ1) is 13.2. The Morgan fingerprint density at radius 1 is 1.00 bits per heavy atom. The van der Waals surface area contributed by atoms with Gasteiger partial charge in [-0.05, 0) is 49.1 Å². The number of hydrogen-bond acceptors (Lipinski definition) is 2. The number of thioether (sulfide) groups is 1. The van der Waals surface area contributed by atoms with Gasteiger partial charge >= 0.3 is 0 Å². The Hall–Kier alpha value is -1.85. The second-order valence-electron chi connectivity index (χ2n) is 7.09. The molecule has 144 valence electrons. The van der Waals surface area contributed by atoms with Gasteiger partial charge in [-0.2, -0.15) is 0 Å². The maximum Gasteiger partial charge on any atom is 0.221 e. The number of quaternary nitrogens is 1. The first-order valence-corrected chi connectivity index (χ1v) is 10.7. The quantitative estimate of drug-likeness (QED) is 0.682. The fourth-order valence-corrected chi connectivity index (χ4v) is 4.33. The largest absolute Gasteiger partial charge is 0.352 e. The van der Waals surface area contributed by atoms with Gasteiger partial charge in [-0.3, -0.25) is 4.79 Å². The van der Waals surface area contributed by atoms with Crippen LogP contribution in [0.4, 0.5) is 4.39 Å². The maximum absolute atomic E-state index is 12.9. The summed E-state index contributed by atoms with van der Waals surface area (Å²) >= 11 is 1.57. The molecule has 27 heavy (non-hydrogen) atoms. The van der Waals surface area contributed by atoms with Crippen molar-refractivity contribution in [2.45, 2.75) is 43.7 Å². The zero-order valence-corrected chi connectivity index (χ0v) is 16.5. The topological polar surface area (TPSA) is 33.5 Å². The van der Waals surface area contributed by atoms with Crippen LogP contribution >= 0.6 is 11.8 Å². The van der Waals surface area contributed by atoms with Crippen molar-refractivity contribution in [3.63, 3.8) is 0 Å². The van der Waals surface area contributed by atoms with Crippen molar-refractivity contribution in [1.82, 2.24) is 5.32 Å². The van der Waals surface area contributed by atoms with Crippen LogP contribution < -0.4 is 10.2 Å². The van der Waals surface area contributed by atoms with Crippen LogP contribution in [0.5, 0.6) is 0 Å². The van der Waals surface area contributed by atoms with Crippen LogP contribution in [0.25, 0.3) is 0 Å². The zero-order chi connectivity index (χ0) is 18.9. The van der Waals surface area contributed by atoms with Crippen molar-refractivity contribution < 1.29 is 14.1 Å². The molecular formula is C22H28FN2OS+. The number of halogens is 1. The molecular weight excluding hydrogens is 359 g/mol. The van der Waals surface area contributed by atoms with E-state index < -0.39 is 0 Å². The molecule has 2 N–H and O–H groups in total. The van der Waals surface area contributed by atoms with Crippen LogP contribution in [0.1, 0.15) is 36.8 Å². The van der Waals surface area contributed by atoms with E-state index in [1.807, 2.05) is 6.07 Å². The van der Waals surface area contributed by atoms with Crippen molar-refractivity contribution in [1.29, 1.82) is 0 Å². The van der Waals surface area contributed by atoms with Crippen molar-refractivity contribution >= 4 is 17.7 Å². The first kappa shape index (κ1) is 19.9. The fourth-order valence-electron chi connectivity index (χ4n) is 3.47. The predicted molar refractivity (Wildman–Crippen MR) is 108 cm³/mol. The lowest BCUT2D eigenvalue weighted by Crippen LogP contribution is -3.11. The Morgan fingerprint density at radius 3 is 2.44 bits per heavy atom. The van der Waals surface area contributed by atoms with Crippen molar-refractivity contribution in [3.8, 4) is 0 Å². The number of hydrogen-bond donors (Lipinski definition) is 2. The van der Waals surface area contributed by atoms with E-state index in [-0.39, 0.29) is 11.7 Å². The summed E-state index contributed by atoms with van der Waals surface area (Å²) in [5.74, 6) is 0.517. The van der Waals surface area contributed by atoms with Gasteiger partial charge in [0.1, 0.15) is 12.4 Å². The summed E-state index contributed by atoms with van der Waals surface area (Å²) in [6.07, 6.45) is 4.46. The van der Waals surface area contributed by atoms with Crippen LogP contribution in [0.3, 0.4) is 0 Å². The molecule has 3 rings (SSSR count). The lowest BCUT2D eigenvalue weighted by molar-refractivity contribution is -0.918. The number of carbonyl (C=O) groups is 1. The van der Waals surface area contributed by atoms with Gasteiger partial charge in [0, 0.05) is 29.2 Å². The summed E-state index contributed by atoms with van der Waals surface area (Å²) < 4.78 is 12.9. The molecule has 1 heterocycles. The molecule has 1 aliphatic heterocycles. The van der Waals surface area contributed by atoms with E-state index in [4.69, 9.17) is 0 Å². The van der Waals surface area contributed by atoms with E-state index in [2.05, 4.69) is 23.5 Å². The Balaban J connectivity index is 1.43. The lowest BCUT2D eigenvalue weighted by Gasteiger charge is -2.24. The van der Waals surface area contributed by atoms with E-state index in [0.29, 0.717) is 18.7 Å². The highest BCUT2D eigenvalue weighted by Gasteiger charge is 2.15. The smallest absolute Gasteiger partial charge is 0.221 e. The second kappa shape index (κ2) is 10.5. The highest BCUT2D eigenvalue weighted by atomic mass is 32.2. The number of likely N-dealkylation sites (tertiary alicyclic amines) is 1. The molecule has 0 aromatic heterocycles. The fraction of sp³-hybridized carbons (Fsp3) is 0.409. The summed E-state index contributed by atoms with van der Waals surface area (Å²) in [4.78, 5) is 14.8. The van der Waals surface area contributed by atoms with E-state index in [1.165, 1.54) is 55.6 Å². The summed E-state index contributed by atoms with van der Waals surface area (Å²) in [6, 6.07) is 14.8. The number of carbonyl (C=O) groups excluding carboxylic acids is 1. The zero-order valence-electron chi connectivity index (χ0n) is 15.7. The van der Waals surface area contributed by atoms with Crippen molar-refractivity contribution in [3.05, 3.63) is 65.5 Å². The molecule has 2 aromatic rings. The van der Waals surface area contributed by atoms with Gasteiger partial charge in [0.2, 0.25) is 5.91 Å². The summed E-state index contributed by atoms with van der Waals surface area (Å²) in [7, 11) is 0. The predicted octanol–water partition coefficient (Wildman–Crippen LogP) is 3.19.